The summed E-state index contributed by atoms with van der Waals surface area (Å²) >= 11 is 0. The predicted molar refractivity (Wildman–Crippen MR) is 195 cm³/mol. The van der Waals surface area contributed by atoms with Gasteiger partial charge in [0.1, 0.15) is 11.6 Å². The van der Waals surface area contributed by atoms with E-state index in [0.717, 1.165) is 78.0 Å². The van der Waals surface area contributed by atoms with Gasteiger partial charge in [-0.3, -0.25) is 0 Å². The first kappa shape index (κ1) is 31.0. The number of fused-ring (bicyclic) bond motifs is 6. The average molecular weight is 659 g/mol. The van der Waals surface area contributed by atoms with E-state index in [1.165, 1.54) is 6.07 Å². The minimum absolute atomic E-state index is 0.118. The van der Waals surface area contributed by atoms with Gasteiger partial charge in [0.15, 0.2) is 5.69 Å². The van der Waals surface area contributed by atoms with Gasteiger partial charge in [-0.1, -0.05) is 46.5 Å². The zero-order chi connectivity index (χ0) is 35.1. The van der Waals surface area contributed by atoms with E-state index >= 15 is 0 Å². The van der Waals surface area contributed by atoms with E-state index in [4.69, 9.17) is 6.57 Å². The van der Waals surface area contributed by atoms with Crippen molar-refractivity contribution in [2.24, 2.45) is 0 Å². The van der Waals surface area contributed by atoms with Crippen molar-refractivity contribution in [3.05, 3.63) is 148 Å². The van der Waals surface area contributed by atoms with Crippen molar-refractivity contribution < 1.29 is 13.2 Å². The number of rotatable bonds is 3. The molecule has 7 heteroatoms. The number of nitrogens with zero attached hydrogens (tertiary/aromatic N) is 4. The van der Waals surface area contributed by atoms with Crippen LogP contribution >= 0.6 is 0 Å². The van der Waals surface area contributed by atoms with Gasteiger partial charge in [-0.05, 0) is 118 Å². The highest BCUT2D eigenvalue weighted by atomic mass is 19.4. The van der Waals surface area contributed by atoms with Crippen LogP contribution in [0.4, 0.5) is 18.9 Å². The molecule has 0 aliphatic rings. The summed E-state index contributed by atoms with van der Waals surface area (Å²) in [7, 11) is 0. The number of aromatic nitrogens is 2. The lowest BCUT2D eigenvalue weighted by Gasteiger charge is -2.19. The first-order chi connectivity index (χ1) is 23.9. The Labute approximate surface area is 286 Å². The Bertz CT molecular complexity index is 2550. The number of halogens is 3. The van der Waals surface area contributed by atoms with Crippen LogP contribution < -0.4 is 0 Å². The van der Waals surface area contributed by atoms with Gasteiger partial charge >= 0.3 is 6.18 Å². The monoisotopic (exact) mass is 658 g/mol. The molecule has 6 aromatic carbocycles. The highest BCUT2D eigenvalue weighted by Gasteiger charge is 2.31. The Morgan fingerprint density at radius 2 is 0.940 bits per heavy atom. The molecule has 50 heavy (non-hydrogen) atoms. The maximum Gasteiger partial charge on any atom is 0.415 e. The molecule has 0 N–H and O–H groups in total. The van der Waals surface area contributed by atoms with Crippen molar-refractivity contribution in [1.29, 1.82) is 5.26 Å². The van der Waals surface area contributed by atoms with Crippen molar-refractivity contribution in [1.82, 2.24) is 9.13 Å². The molecule has 242 valence electrons. The lowest BCUT2D eigenvalue weighted by molar-refractivity contribution is -0.137. The largest absolute Gasteiger partial charge is 0.415 e. The van der Waals surface area contributed by atoms with Crippen molar-refractivity contribution in [2.75, 3.05) is 0 Å². The first-order valence-electron chi connectivity index (χ1n) is 16.2. The number of nitriles is 1. The van der Waals surface area contributed by atoms with E-state index in [2.05, 4.69) is 35.2 Å². The summed E-state index contributed by atoms with van der Waals surface area (Å²) in [5.41, 5.74) is 8.91. The molecule has 4 nitrogen and oxygen atoms in total. The molecule has 0 fully saturated rings. The molecule has 0 aliphatic heterocycles. The second-order valence-electron chi connectivity index (χ2n) is 13.1. The molecule has 0 saturated carbocycles. The van der Waals surface area contributed by atoms with Crippen molar-refractivity contribution in [3.8, 4) is 28.6 Å². The quantitative estimate of drug-likeness (QED) is 0.174. The molecule has 0 unspecified atom stereocenters. The summed E-state index contributed by atoms with van der Waals surface area (Å²) < 4.78 is 46.7. The number of hydrogen-bond donors (Lipinski definition) is 0. The molecule has 0 saturated heterocycles. The fraction of sp³-hybridized carbons (Fsp3) is 0.116. The lowest BCUT2D eigenvalue weighted by atomic mass is 9.97. The molecule has 0 radical (unpaired) electrons. The molecule has 0 aliphatic carbocycles. The molecule has 8 aromatic rings. The molecule has 0 spiro atoms. The third-order valence-electron chi connectivity index (χ3n) is 9.55. The number of benzene rings is 6. The Morgan fingerprint density at radius 1 is 0.560 bits per heavy atom. The van der Waals surface area contributed by atoms with E-state index < -0.39 is 11.7 Å². The molecule has 2 aromatic heterocycles. The van der Waals surface area contributed by atoms with Crippen LogP contribution in [0.5, 0.6) is 0 Å². The summed E-state index contributed by atoms with van der Waals surface area (Å²) in [6, 6.07) is 34.2. The normalized spacial score (nSPS) is 11.9. The maximum absolute atomic E-state index is 14.2. The molecule has 0 amide bonds. The molecule has 8 rings (SSSR count). The lowest BCUT2D eigenvalue weighted by Crippen LogP contribution is -2.06. The van der Waals surface area contributed by atoms with E-state index in [1.54, 1.807) is 12.1 Å². The second-order valence-corrected chi connectivity index (χ2v) is 13.1. The zero-order valence-corrected chi connectivity index (χ0v) is 27.7. The minimum atomic E-state index is -4.65. The van der Waals surface area contributed by atoms with Gasteiger partial charge in [-0.25, -0.2) is 4.85 Å². The third kappa shape index (κ3) is 4.82. The molecule has 0 bridgehead atoms. The van der Waals surface area contributed by atoms with Crippen LogP contribution in [0.15, 0.2) is 103 Å². The van der Waals surface area contributed by atoms with Gasteiger partial charge in [-0.2, -0.15) is 18.4 Å². The van der Waals surface area contributed by atoms with E-state index in [-0.39, 0.29) is 11.3 Å². The van der Waals surface area contributed by atoms with Crippen LogP contribution in [-0.4, -0.2) is 9.13 Å². The van der Waals surface area contributed by atoms with Gasteiger partial charge < -0.3 is 9.13 Å². The van der Waals surface area contributed by atoms with Gasteiger partial charge in [0.2, 0.25) is 0 Å². The maximum atomic E-state index is 14.2. The topological polar surface area (TPSA) is 38.0 Å². The van der Waals surface area contributed by atoms with Crippen LogP contribution in [0.2, 0.25) is 0 Å². The summed E-state index contributed by atoms with van der Waals surface area (Å²) in [5, 5.41) is 15.1. The Hall–Kier alpha value is -6.31. The Kier molecular flexibility index (Phi) is 6.89. The smallest absolute Gasteiger partial charge is 0.308 e. The molecular weight excluding hydrogens is 629 g/mol. The summed E-state index contributed by atoms with van der Waals surface area (Å²) in [5.74, 6) is 0. The zero-order valence-electron chi connectivity index (χ0n) is 27.7. The van der Waals surface area contributed by atoms with Crippen LogP contribution in [0.3, 0.4) is 0 Å². The number of hydrogen-bond acceptors (Lipinski definition) is 1. The van der Waals surface area contributed by atoms with E-state index in [9.17, 15) is 18.4 Å². The fourth-order valence-electron chi connectivity index (χ4n) is 7.27. The molecule has 0 atom stereocenters. The van der Waals surface area contributed by atoms with E-state index in [0.29, 0.717) is 22.5 Å². The van der Waals surface area contributed by atoms with Gasteiger partial charge in [-0.15, -0.1) is 0 Å². The van der Waals surface area contributed by atoms with Crippen molar-refractivity contribution in [3.63, 3.8) is 0 Å². The predicted octanol–water partition coefficient (Wildman–Crippen LogP) is 12.2. The van der Waals surface area contributed by atoms with Crippen LogP contribution in [0, 0.1) is 45.6 Å². The van der Waals surface area contributed by atoms with Crippen molar-refractivity contribution in [2.45, 2.75) is 33.9 Å². The minimum Gasteiger partial charge on any atom is -0.308 e. The van der Waals surface area contributed by atoms with Gasteiger partial charge in [0, 0.05) is 27.1 Å². The highest BCUT2D eigenvalue weighted by Crippen LogP contribution is 2.42. The second kappa shape index (κ2) is 11.1. The van der Waals surface area contributed by atoms with Gasteiger partial charge in [0.05, 0.1) is 40.0 Å². The third-order valence-corrected chi connectivity index (χ3v) is 9.55. The Morgan fingerprint density at radius 3 is 1.28 bits per heavy atom. The Balaban J connectivity index is 1.57. The van der Waals surface area contributed by atoms with E-state index in [1.807, 2.05) is 85.4 Å². The number of alkyl halides is 3. The fourth-order valence-corrected chi connectivity index (χ4v) is 7.27. The molecule has 2 heterocycles. The first-order valence-corrected chi connectivity index (χ1v) is 16.2. The summed E-state index contributed by atoms with van der Waals surface area (Å²) in [6.45, 7) is 15.8. The summed E-state index contributed by atoms with van der Waals surface area (Å²) in [6.07, 6.45) is -4.65. The standard InChI is InChI=1S/C43H29F3N4/c1-24-6-10-37-32(14-24)33-15-25(2)7-11-38(33)49(37)41-20-29(28-18-30(43(44,45)46)22-31(19-28)48-5)21-42(36(41)23-47)50-39-12-8-26(3)16-34(39)35-17-27(4)9-13-40(35)50/h6-22H,1-4H3. The average Bonchev–Trinajstić information content (AvgIpc) is 3.57. The molecular formula is C43H29F3N4. The van der Waals surface area contributed by atoms with Gasteiger partial charge in [0.25, 0.3) is 0 Å². The summed E-state index contributed by atoms with van der Waals surface area (Å²) in [4.78, 5) is 3.39. The van der Waals surface area contributed by atoms with Crippen molar-refractivity contribution >= 4 is 49.3 Å². The SMILES string of the molecule is [C-]#[N+]c1cc(-c2cc(-n3c4ccc(C)cc4c4cc(C)ccc43)c(C#N)c(-n3c4ccc(C)cc4c4cc(C)ccc43)c2)cc(C(F)(F)F)c1. The number of aryl methyl sites for hydroxylation is 4. The van der Waals surface area contributed by atoms with Crippen LogP contribution in [0.1, 0.15) is 33.4 Å². The van der Waals surface area contributed by atoms with Crippen LogP contribution in [0.25, 0.3) is 71.0 Å². The highest BCUT2D eigenvalue weighted by molar-refractivity contribution is 6.11. The van der Waals surface area contributed by atoms with Crippen LogP contribution in [-0.2, 0) is 6.18 Å².